The molecule has 4 N–H and O–H groups in total. The Morgan fingerprint density at radius 3 is 2.70 bits per heavy atom. The first-order valence-electron chi connectivity index (χ1n) is 14.5. The number of anilines is 1. The number of likely N-dealkylation sites (N-methyl/N-ethyl adjacent to an activating group) is 1. The van der Waals surface area contributed by atoms with Gasteiger partial charge in [-0.3, -0.25) is 15.0 Å². The van der Waals surface area contributed by atoms with E-state index in [0.717, 1.165) is 19.2 Å². The Labute approximate surface area is 251 Å². The van der Waals surface area contributed by atoms with E-state index in [1.54, 1.807) is 18.2 Å². The van der Waals surface area contributed by atoms with Crippen LogP contribution in [0.25, 0.3) is 0 Å². The highest BCUT2D eigenvalue weighted by atomic mass is 19.4. The number of rotatable bonds is 7. The Hall–Kier alpha value is -4.36. The molecule has 3 heterocycles. The van der Waals surface area contributed by atoms with Crippen LogP contribution in [0.3, 0.4) is 0 Å². The van der Waals surface area contributed by atoms with Gasteiger partial charge in [-0.2, -0.15) is 13.2 Å². The van der Waals surface area contributed by atoms with Gasteiger partial charge in [0.2, 0.25) is 0 Å². The molecule has 0 bridgehead atoms. The number of piperazine rings is 1. The standard InChI is InChI=1S/C31H31F3N6O4/c1-39-8-10-40(11-9-39)16-18-3-2-17(12-22(18)31(32,33)34)28(42)38-30-14-23(30)26(30)20-13-19(4-5-24(20)41)44-25-6-7-35-27-21(25)15-36-29(43)37-27/h2-7,12-13,23,26,41H,8-11,14-16H2,1H3,(H,38,42)(H2,35,36,37,43)/t23-,26+,30-/m0/s1. The number of nitrogens with zero attached hydrogens (tertiary/aromatic N) is 3. The number of nitrogens with one attached hydrogen (secondary N) is 3. The normalized spacial score (nSPS) is 24.4. The topological polar surface area (TPSA) is 119 Å². The largest absolute Gasteiger partial charge is 0.508 e. The predicted molar refractivity (Wildman–Crippen MR) is 154 cm³/mol. The number of ether oxygens (including phenoxy) is 1. The van der Waals surface area contributed by atoms with Crippen LogP contribution in [0.5, 0.6) is 17.2 Å². The van der Waals surface area contributed by atoms with Crippen LogP contribution in [-0.4, -0.2) is 70.6 Å². The van der Waals surface area contributed by atoms with Gasteiger partial charge >= 0.3 is 12.2 Å². The molecule has 230 valence electrons. The summed E-state index contributed by atoms with van der Waals surface area (Å²) in [6.45, 7) is 3.35. The van der Waals surface area contributed by atoms with Gasteiger partial charge < -0.3 is 25.4 Å². The molecular formula is C31H31F3N6O4. The van der Waals surface area contributed by atoms with Crippen LogP contribution in [0.15, 0.2) is 48.7 Å². The van der Waals surface area contributed by atoms with Gasteiger partial charge in [-0.1, -0.05) is 6.07 Å². The highest BCUT2D eigenvalue weighted by molar-refractivity contribution is 5.96. The van der Waals surface area contributed by atoms with Crippen molar-refractivity contribution in [1.29, 1.82) is 0 Å². The second kappa shape index (κ2) is 10.4. The van der Waals surface area contributed by atoms with Crippen molar-refractivity contribution in [3.05, 3.63) is 76.5 Å². The number of hydrogen-bond donors (Lipinski definition) is 4. The fourth-order valence-electron chi connectivity index (χ4n) is 6.41. The third-order valence-corrected chi connectivity index (χ3v) is 9.15. The molecule has 4 aliphatic rings. The second-order valence-corrected chi connectivity index (χ2v) is 12.0. The van der Waals surface area contributed by atoms with Gasteiger partial charge in [0.25, 0.3) is 5.91 Å². The maximum Gasteiger partial charge on any atom is 0.416 e. The minimum atomic E-state index is -4.59. The van der Waals surface area contributed by atoms with E-state index in [9.17, 15) is 27.9 Å². The van der Waals surface area contributed by atoms with Crippen molar-refractivity contribution < 1.29 is 32.6 Å². The average Bonchev–Trinajstić information content (AvgIpc) is 3.85. The fraction of sp³-hybridized carbons (Fsp3) is 0.387. The van der Waals surface area contributed by atoms with E-state index in [4.69, 9.17) is 4.74 Å². The van der Waals surface area contributed by atoms with Gasteiger partial charge in [-0.25, -0.2) is 9.78 Å². The number of phenolic OH excluding ortho intramolecular Hbond substituents is 1. The van der Waals surface area contributed by atoms with Crippen molar-refractivity contribution in [3.8, 4) is 17.2 Å². The van der Waals surface area contributed by atoms with Crippen LogP contribution < -0.4 is 20.7 Å². The zero-order chi connectivity index (χ0) is 30.8. The number of hydrogen-bond acceptors (Lipinski definition) is 7. The molecular weight excluding hydrogens is 577 g/mol. The Balaban J connectivity index is 1.06. The molecule has 2 aliphatic heterocycles. The van der Waals surface area contributed by atoms with E-state index in [-0.39, 0.29) is 47.8 Å². The summed E-state index contributed by atoms with van der Waals surface area (Å²) in [7, 11) is 1.99. The van der Waals surface area contributed by atoms with Gasteiger partial charge in [0, 0.05) is 56.0 Å². The number of carbonyl (C=O) groups excluding carboxylic acids is 2. The second-order valence-electron chi connectivity index (χ2n) is 12.0. The highest BCUT2D eigenvalue weighted by Gasteiger charge is 2.80. The van der Waals surface area contributed by atoms with E-state index < -0.39 is 23.2 Å². The van der Waals surface area contributed by atoms with Crippen LogP contribution in [0.1, 0.15) is 45.0 Å². The highest BCUT2D eigenvalue weighted by Crippen LogP contribution is 2.77. The van der Waals surface area contributed by atoms with Crippen molar-refractivity contribution in [2.75, 3.05) is 38.5 Å². The van der Waals surface area contributed by atoms with Gasteiger partial charge in [-0.15, -0.1) is 0 Å². The molecule has 7 rings (SSSR count). The third kappa shape index (κ3) is 5.19. The average molecular weight is 609 g/mol. The third-order valence-electron chi connectivity index (χ3n) is 9.15. The number of fused-ring (bicyclic) bond motifs is 2. The van der Waals surface area contributed by atoms with Gasteiger partial charge in [0.15, 0.2) is 0 Å². The predicted octanol–water partition coefficient (Wildman–Crippen LogP) is 4.27. The molecule has 3 fully saturated rings. The first-order valence-corrected chi connectivity index (χ1v) is 14.5. The van der Waals surface area contributed by atoms with E-state index in [2.05, 4.69) is 25.8 Å². The molecule has 0 radical (unpaired) electrons. The maximum atomic E-state index is 14.1. The Bertz CT molecular complexity index is 1660. The van der Waals surface area contributed by atoms with Crippen LogP contribution in [0.4, 0.5) is 23.8 Å². The van der Waals surface area contributed by atoms with Gasteiger partial charge in [0.1, 0.15) is 23.1 Å². The molecule has 3 atom stereocenters. The number of aromatic hydroxyl groups is 1. The Morgan fingerprint density at radius 1 is 1.16 bits per heavy atom. The SMILES string of the molecule is CN1CCN(Cc2ccc(C(=O)N[C@@]34C[C@H]3[C@H]4c3cc(Oc4ccnc5c4CNC(=O)N5)ccc3O)cc2C(F)(F)F)CC1. The molecule has 0 spiro atoms. The Kier molecular flexibility index (Phi) is 6.70. The first-order chi connectivity index (χ1) is 21.0. The van der Waals surface area contributed by atoms with Gasteiger partial charge in [-0.05, 0) is 61.3 Å². The lowest BCUT2D eigenvalue weighted by molar-refractivity contribution is -0.138. The monoisotopic (exact) mass is 608 g/mol. The van der Waals surface area contributed by atoms with Crippen molar-refractivity contribution in [2.45, 2.75) is 37.1 Å². The molecule has 0 unspecified atom stereocenters. The van der Waals surface area contributed by atoms with E-state index in [1.165, 1.54) is 24.4 Å². The molecule has 2 saturated carbocycles. The fourth-order valence-corrected chi connectivity index (χ4v) is 6.41. The lowest BCUT2D eigenvalue weighted by Crippen LogP contribution is -2.44. The number of benzene rings is 2. The molecule has 1 saturated heterocycles. The van der Waals surface area contributed by atoms with Crippen molar-refractivity contribution in [1.82, 2.24) is 25.4 Å². The van der Waals surface area contributed by atoms with Crippen molar-refractivity contribution >= 4 is 17.8 Å². The van der Waals surface area contributed by atoms with Crippen molar-refractivity contribution in [3.63, 3.8) is 0 Å². The molecule has 2 aromatic carbocycles. The molecule has 2 aliphatic carbocycles. The zero-order valence-electron chi connectivity index (χ0n) is 23.9. The number of amides is 3. The molecule has 13 heteroatoms. The summed E-state index contributed by atoms with van der Waals surface area (Å²) < 4.78 is 48.3. The lowest BCUT2D eigenvalue weighted by Gasteiger charge is -2.33. The molecule has 3 aromatic rings. The van der Waals surface area contributed by atoms with Gasteiger partial charge in [0.05, 0.1) is 23.2 Å². The summed E-state index contributed by atoms with van der Waals surface area (Å²) >= 11 is 0. The number of pyridine rings is 1. The van der Waals surface area contributed by atoms with Crippen LogP contribution in [0, 0.1) is 5.92 Å². The summed E-state index contributed by atoms with van der Waals surface area (Å²) in [5.41, 5.74) is -0.0414. The number of carbonyl (C=O) groups is 2. The van der Waals surface area contributed by atoms with Crippen LogP contribution in [-0.2, 0) is 19.3 Å². The molecule has 44 heavy (non-hydrogen) atoms. The smallest absolute Gasteiger partial charge is 0.416 e. The maximum absolute atomic E-state index is 14.1. The summed E-state index contributed by atoms with van der Waals surface area (Å²) in [6, 6.07) is 9.97. The quantitative estimate of drug-likeness (QED) is 0.317. The number of aromatic nitrogens is 1. The van der Waals surface area contributed by atoms with E-state index in [1.807, 2.05) is 11.9 Å². The number of urea groups is 1. The van der Waals surface area contributed by atoms with Crippen LogP contribution >= 0.6 is 0 Å². The van der Waals surface area contributed by atoms with E-state index >= 15 is 0 Å². The summed E-state index contributed by atoms with van der Waals surface area (Å²) in [6.07, 6.45) is -2.40. The lowest BCUT2D eigenvalue weighted by atomic mass is 9.99. The zero-order valence-corrected chi connectivity index (χ0v) is 23.9. The number of phenols is 1. The molecule has 10 nitrogen and oxygen atoms in total. The van der Waals surface area contributed by atoms with Crippen LogP contribution in [0.2, 0.25) is 0 Å². The van der Waals surface area contributed by atoms with E-state index in [0.29, 0.717) is 48.0 Å². The number of halogens is 3. The molecule has 3 amide bonds. The number of alkyl halides is 3. The first kappa shape index (κ1) is 28.4. The summed E-state index contributed by atoms with van der Waals surface area (Å²) in [4.78, 5) is 33.2. The molecule has 1 aromatic heterocycles. The minimum absolute atomic E-state index is 0.0430. The van der Waals surface area contributed by atoms with Crippen molar-refractivity contribution in [2.24, 2.45) is 5.92 Å². The summed E-state index contributed by atoms with van der Waals surface area (Å²) in [5, 5.41) is 18.9. The minimum Gasteiger partial charge on any atom is -0.508 e. The summed E-state index contributed by atoms with van der Waals surface area (Å²) in [5.74, 6) is 0.677. The Morgan fingerprint density at radius 2 is 1.95 bits per heavy atom.